The molecule has 2 aromatic carbocycles. The van der Waals surface area contributed by atoms with Gasteiger partial charge in [0.05, 0.1) is 30.0 Å². The quantitative estimate of drug-likeness (QED) is 0.382. The number of anilines is 1. The second-order valence-corrected chi connectivity index (χ2v) is 11.5. The molecule has 1 unspecified atom stereocenters. The summed E-state index contributed by atoms with van der Waals surface area (Å²) in [4.78, 5) is 11.3. The van der Waals surface area contributed by atoms with Gasteiger partial charge in [-0.25, -0.2) is 8.42 Å². The lowest BCUT2D eigenvalue weighted by Crippen LogP contribution is -2.27. The molecule has 2 aliphatic rings. The number of ether oxygens (including phenoxy) is 1. The zero-order chi connectivity index (χ0) is 26.4. The molecule has 1 N–H and O–H groups in total. The summed E-state index contributed by atoms with van der Waals surface area (Å²) in [5, 5.41) is 3.14. The number of nitrogens with zero attached hydrogens (tertiary/aromatic N) is 3. The summed E-state index contributed by atoms with van der Waals surface area (Å²) >= 11 is 0. The van der Waals surface area contributed by atoms with Crippen LogP contribution in [0.3, 0.4) is 0 Å². The van der Waals surface area contributed by atoms with Crippen LogP contribution in [0.5, 0.6) is 5.75 Å². The first kappa shape index (κ1) is 25.7. The molecule has 0 spiro atoms. The number of furan rings is 1. The van der Waals surface area contributed by atoms with Crippen LogP contribution >= 0.6 is 0 Å². The zero-order valence-corrected chi connectivity index (χ0v) is 22.0. The Labute approximate surface area is 223 Å². The van der Waals surface area contributed by atoms with E-state index in [1.807, 2.05) is 84.2 Å². The predicted molar refractivity (Wildman–Crippen MR) is 151 cm³/mol. The van der Waals surface area contributed by atoms with E-state index < -0.39 is 9.84 Å². The SMILES string of the molecule is CS(=O)(=O)CCNCc1coc(N2C=CC3C=NCC(=Nc4ccc(OCc5ccccc5)cc4)C3=C2)c1. The summed E-state index contributed by atoms with van der Waals surface area (Å²) in [6.07, 6.45) is 10.9. The van der Waals surface area contributed by atoms with E-state index in [4.69, 9.17) is 14.1 Å². The highest BCUT2D eigenvalue weighted by Gasteiger charge is 2.24. The van der Waals surface area contributed by atoms with Crippen LogP contribution in [0.25, 0.3) is 0 Å². The minimum absolute atomic E-state index is 0.0549. The molecule has 0 amide bonds. The molecule has 0 radical (unpaired) electrons. The average Bonchev–Trinajstić information content (AvgIpc) is 3.40. The minimum atomic E-state index is -2.98. The number of benzene rings is 2. The molecular formula is C29H30N4O4S. The van der Waals surface area contributed by atoms with Gasteiger partial charge in [0.15, 0.2) is 0 Å². The maximum atomic E-state index is 11.3. The molecule has 8 nitrogen and oxygen atoms in total. The van der Waals surface area contributed by atoms with E-state index in [0.29, 0.717) is 32.1 Å². The van der Waals surface area contributed by atoms with Gasteiger partial charge in [-0.15, -0.1) is 0 Å². The second kappa shape index (κ2) is 11.6. The van der Waals surface area contributed by atoms with Crippen molar-refractivity contribution in [3.8, 4) is 5.75 Å². The molecular weight excluding hydrogens is 500 g/mol. The highest BCUT2D eigenvalue weighted by Crippen LogP contribution is 2.29. The summed E-state index contributed by atoms with van der Waals surface area (Å²) in [5.41, 5.74) is 4.87. The van der Waals surface area contributed by atoms with Crippen molar-refractivity contribution in [2.24, 2.45) is 15.9 Å². The van der Waals surface area contributed by atoms with Crippen molar-refractivity contribution >= 4 is 33.3 Å². The number of rotatable bonds is 10. The van der Waals surface area contributed by atoms with Crippen LogP contribution in [0, 0.1) is 5.92 Å². The van der Waals surface area contributed by atoms with Gasteiger partial charge in [0.1, 0.15) is 22.2 Å². The lowest BCUT2D eigenvalue weighted by atomic mass is 9.92. The van der Waals surface area contributed by atoms with E-state index in [1.54, 1.807) is 6.26 Å². The highest BCUT2D eigenvalue weighted by molar-refractivity contribution is 7.90. The topological polar surface area (TPSA) is 96.5 Å². The van der Waals surface area contributed by atoms with Gasteiger partial charge in [-0.1, -0.05) is 36.4 Å². The van der Waals surface area contributed by atoms with Gasteiger partial charge in [-0.05, 0) is 29.8 Å². The molecule has 196 valence electrons. The van der Waals surface area contributed by atoms with E-state index >= 15 is 0 Å². The van der Waals surface area contributed by atoms with Gasteiger partial charge in [-0.2, -0.15) is 0 Å². The van der Waals surface area contributed by atoms with Crippen molar-refractivity contribution in [3.63, 3.8) is 0 Å². The normalized spacial score (nSPS) is 17.9. The van der Waals surface area contributed by atoms with Gasteiger partial charge in [0.2, 0.25) is 5.88 Å². The van der Waals surface area contributed by atoms with E-state index in [1.165, 1.54) is 6.26 Å². The van der Waals surface area contributed by atoms with E-state index in [0.717, 1.165) is 33.8 Å². The lowest BCUT2D eigenvalue weighted by Gasteiger charge is -2.26. The van der Waals surface area contributed by atoms with Crippen molar-refractivity contribution in [3.05, 3.63) is 102 Å². The van der Waals surface area contributed by atoms with Crippen LogP contribution in [0.2, 0.25) is 0 Å². The lowest BCUT2D eigenvalue weighted by molar-refractivity contribution is 0.306. The Kier molecular flexibility index (Phi) is 7.86. The van der Waals surface area contributed by atoms with Crippen molar-refractivity contribution in [1.29, 1.82) is 0 Å². The van der Waals surface area contributed by atoms with E-state index in [2.05, 4.69) is 16.4 Å². The Morgan fingerprint density at radius 2 is 1.95 bits per heavy atom. The number of nitrogens with one attached hydrogen (secondary N) is 1. The first-order valence-electron chi connectivity index (χ1n) is 12.4. The molecule has 9 heteroatoms. The molecule has 0 saturated carbocycles. The smallest absolute Gasteiger partial charge is 0.203 e. The van der Waals surface area contributed by atoms with Crippen LogP contribution < -0.4 is 15.0 Å². The molecule has 0 bridgehead atoms. The predicted octanol–water partition coefficient (Wildman–Crippen LogP) is 4.68. The number of sulfone groups is 1. The first-order valence-corrected chi connectivity index (χ1v) is 14.5. The number of fused-ring (bicyclic) bond motifs is 1. The largest absolute Gasteiger partial charge is 0.489 e. The Morgan fingerprint density at radius 1 is 1.13 bits per heavy atom. The summed E-state index contributed by atoms with van der Waals surface area (Å²) in [5.74, 6) is 1.63. The molecule has 5 rings (SSSR count). The van der Waals surface area contributed by atoms with Crippen LogP contribution in [-0.4, -0.2) is 45.4 Å². The number of hydrogen-bond donors (Lipinski definition) is 1. The zero-order valence-electron chi connectivity index (χ0n) is 21.2. The Balaban J connectivity index is 1.24. The summed E-state index contributed by atoms with van der Waals surface area (Å²) in [7, 11) is -2.98. The summed E-state index contributed by atoms with van der Waals surface area (Å²) in [6, 6.07) is 19.8. The number of allylic oxidation sites excluding steroid dienone is 1. The third-order valence-corrected chi connectivity index (χ3v) is 7.10. The fourth-order valence-corrected chi connectivity index (χ4v) is 4.66. The Bertz CT molecular complexity index is 1470. The Morgan fingerprint density at radius 3 is 2.74 bits per heavy atom. The van der Waals surface area contributed by atoms with E-state index in [-0.39, 0.29) is 11.7 Å². The third kappa shape index (κ3) is 6.87. The summed E-state index contributed by atoms with van der Waals surface area (Å²) in [6.45, 7) is 1.95. The van der Waals surface area contributed by atoms with Crippen LogP contribution in [0.1, 0.15) is 11.1 Å². The number of aliphatic imine (C=N–C) groups is 2. The standard InChI is InChI=1S/C29H30N4O4S/c1-38(34,35)14-12-30-16-23-15-29(37-21-23)33-13-11-24-17-31-18-28(27(24)19-33)32-25-7-9-26(10-8-25)36-20-22-5-3-2-4-6-22/h2-11,13,15,17,19,21,24,30H,12,14,16,18,20H2,1H3. The third-order valence-electron chi connectivity index (χ3n) is 6.15. The van der Waals surface area contributed by atoms with Gasteiger partial charge in [0, 0.05) is 61.1 Å². The van der Waals surface area contributed by atoms with Crippen LogP contribution in [0.15, 0.2) is 105 Å². The summed E-state index contributed by atoms with van der Waals surface area (Å²) < 4.78 is 34.3. The van der Waals surface area contributed by atoms with E-state index in [9.17, 15) is 8.42 Å². The van der Waals surface area contributed by atoms with Crippen molar-refractivity contribution in [2.45, 2.75) is 13.2 Å². The van der Waals surface area contributed by atoms with Crippen molar-refractivity contribution in [2.75, 3.05) is 30.0 Å². The molecule has 3 heterocycles. The van der Waals surface area contributed by atoms with Gasteiger partial charge >= 0.3 is 0 Å². The molecule has 3 aromatic rings. The highest BCUT2D eigenvalue weighted by atomic mass is 32.2. The molecule has 1 atom stereocenters. The molecule has 1 aromatic heterocycles. The molecule has 38 heavy (non-hydrogen) atoms. The van der Waals surface area contributed by atoms with Gasteiger partial charge in [-0.3, -0.25) is 14.9 Å². The monoisotopic (exact) mass is 530 g/mol. The van der Waals surface area contributed by atoms with Gasteiger partial charge in [0.25, 0.3) is 0 Å². The van der Waals surface area contributed by atoms with Crippen LogP contribution in [-0.2, 0) is 23.0 Å². The average molecular weight is 531 g/mol. The number of hydrogen-bond acceptors (Lipinski definition) is 8. The molecule has 2 aliphatic heterocycles. The second-order valence-electron chi connectivity index (χ2n) is 9.28. The molecule has 0 aliphatic carbocycles. The van der Waals surface area contributed by atoms with Crippen molar-refractivity contribution < 1.29 is 17.6 Å². The molecule has 0 saturated heterocycles. The van der Waals surface area contributed by atoms with Crippen LogP contribution in [0.4, 0.5) is 11.6 Å². The van der Waals surface area contributed by atoms with Crippen molar-refractivity contribution in [1.82, 2.24) is 5.32 Å². The Hall–Kier alpha value is -3.95. The van der Waals surface area contributed by atoms with Gasteiger partial charge < -0.3 is 14.5 Å². The fraction of sp³-hybridized carbons (Fsp3) is 0.241. The molecule has 0 fully saturated rings. The fourth-order valence-electron chi connectivity index (χ4n) is 4.14. The minimum Gasteiger partial charge on any atom is -0.489 e. The maximum Gasteiger partial charge on any atom is 0.203 e. The maximum absolute atomic E-state index is 11.3. The first-order chi connectivity index (χ1) is 18.4.